The summed E-state index contributed by atoms with van der Waals surface area (Å²) in [6, 6.07) is 7.01. The van der Waals surface area contributed by atoms with Gasteiger partial charge in [0.25, 0.3) is 0 Å². The molecule has 5 nitrogen and oxygen atoms in total. The molecule has 0 saturated carbocycles. The lowest BCUT2D eigenvalue weighted by molar-refractivity contribution is -0.167. The molecule has 1 rings (SSSR count). The van der Waals surface area contributed by atoms with E-state index in [2.05, 4.69) is 0 Å². The Balaban J connectivity index is 2.59. The molecule has 0 spiro atoms. The summed E-state index contributed by atoms with van der Waals surface area (Å²) in [7, 11) is 0. The molecule has 1 aromatic carbocycles. The normalized spacial score (nSPS) is 11.7. The van der Waals surface area contributed by atoms with Crippen molar-refractivity contribution in [3.8, 4) is 0 Å². The van der Waals surface area contributed by atoms with Crippen LogP contribution in [0.4, 0.5) is 5.69 Å². The van der Waals surface area contributed by atoms with Crippen molar-refractivity contribution in [1.82, 2.24) is 0 Å². The number of benzene rings is 1. The van der Waals surface area contributed by atoms with E-state index in [1.807, 2.05) is 6.92 Å². The van der Waals surface area contributed by atoms with Gasteiger partial charge in [-0.3, -0.25) is 4.79 Å². The van der Waals surface area contributed by atoms with Gasteiger partial charge in [-0.1, -0.05) is 25.5 Å². The van der Waals surface area contributed by atoms with Gasteiger partial charge in [0.15, 0.2) is 6.10 Å². The Morgan fingerprint density at radius 1 is 1.30 bits per heavy atom. The molecule has 1 aromatic rings. The molecule has 1 atom stereocenters. The number of carbonyl (C=O) groups excluding carboxylic acids is 2. The van der Waals surface area contributed by atoms with E-state index < -0.39 is 18.0 Å². The number of hydrogen-bond acceptors (Lipinski definition) is 5. The summed E-state index contributed by atoms with van der Waals surface area (Å²) in [4.78, 5) is 23.5. The summed E-state index contributed by atoms with van der Waals surface area (Å²) in [6.07, 6.45) is 0.454. The van der Waals surface area contributed by atoms with Crippen LogP contribution in [0.15, 0.2) is 24.3 Å². The molecular weight excluding hydrogens is 258 g/mol. The summed E-state index contributed by atoms with van der Waals surface area (Å²) in [5.74, 6) is -0.947. The number of nitrogen functional groups attached to an aromatic ring is 1. The van der Waals surface area contributed by atoms with Crippen molar-refractivity contribution < 1.29 is 19.1 Å². The second-order valence-electron chi connectivity index (χ2n) is 4.44. The molecule has 20 heavy (non-hydrogen) atoms. The Bertz CT molecular complexity index is 459. The maximum absolute atomic E-state index is 11.8. The Morgan fingerprint density at radius 2 is 2.05 bits per heavy atom. The monoisotopic (exact) mass is 279 g/mol. The summed E-state index contributed by atoms with van der Waals surface area (Å²) in [5.41, 5.74) is 6.99. The highest BCUT2D eigenvalue weighted by atomic mass is 16.6. The fraction of sp³-hybridized carbons (Fsp3) is 0.467. The van der Waals surface area contributed by atoms with Gasteiger partial charge in [0.2, 0.25) is 0 Å². The second-order valence-corrected chi connectivity index (χ2v) is 4.44. The maximum atomic E-state index is 11.8. The van der Waals surface area contributed by atoms with E-state index in [0.29, 0.717) is 12.1 Å². The number of esters is 2. The summed E-state index contributed by atoms with van der Waals surface area (Å²) in [6.45, 7) is 3.90. The lowest BCUT2D eigenvalue weighted by Crippen LogP contribution is -2.29. The Kier molecular flexibility index (Phi) is 6.56. The van der Waals surface area contributed by atoms with Gasteiger partial charge in [-0.25, -0.2) is 4.79 Å². The van der Waals surface area contributed by atoms with Crippen molar-refractivity contribution in [2.45, 2.75) is 39.2 Å². The topological polar surface area (TPSA) is 78.6 Å². The molecule has 0 aliphatic carbocycles. The van der Waals surface area contributed by atoms with Gasteiger partial charge in [0, 0.05) is 5.69 Å². The largest absolute Gasteiger partial charge is 0.463 e. The van der Waals surface area contributed by atoms with Crippen LogP contribution in [0.2, 0.25) is 0 Å². The van der Waals surface area contributed by atoms with Gasteiger partial charge < -0.3 is 15.2 Å². The number of carbonyl (C=O) groups is 2. The molecule has 0 radical (unpaired) electrons. The predicted octanol–water partition coefficient (Wildman–Crippen LogP) is 2.09. The fourth-order valence-electron chi connectivity index (χ4n) is 1.79. The third kappa shape index (κ3) is 5.30. The maximum Gasteiger partial charge on any atom is 0.347 e. The van der Waals surface area contributed by atoms with Crippen LogP contribution in [0.5, 0.6) is 0 Å². The number of nitrogens with two attached hydrogens (primary N) is 1. The highest BCUT2D eigenvalue weighted by Gasteiger charge is 2.23. The van der Waals surface area contributed by atoms with Gasteiger partial charge in [-0.15, -0.1) is 0 Å². The average molecular weight is 279 g/mol. The van der Waals surface area contributed by atoms with Gasteiger partial charge in [0.1, 0.15) is 0 Å². The Morgan fingerprint density at radius 3 is 2.65 bits per heavy atom. The van der Waals surface area contributed by atoms with Crippen LogP contribution in [0.1, 0.15) is 32.3 Å². The zero-order chi connectivity index (χ0) is 15.0. The van der Waals surface area contributed by atoms with Crippen LogP contribution in [-0.2, 0) is 25.5 Å². The molecular formula is C15H21NO4. The summed E-state index contributed by atoms with van der Waals surface area (Å²) >= 11 is 0. The zero-order valence-corrected chi connectivity index (χ0v) is 11.9. The molecule has 0 aromatic heterocycles. The third-order valence-electron chi connectivity index (χ3n) is 2.67. The number of anilines is 1. The van der Waals surface area contributed by atoms with Crippen LogP contribution < -0.4 is 5.73 Å². The van der Waals surface area contributed by atoms with Gasteiger partial charge >= 0.3 is 11.9 Å². The first-order valence-corrected chi connectivity index (χ1v) is 6.77. The predicted molar refractivity (Wildman–Crippen MR) is 76.0 cm³/mol. The molecule has 0 aliphatic rings. The number of ether oxygens (including phenoxy) is 2. The SMILES string of the molecule is CCCC(OC(=O)Cc1cccc(N)c1)C(=O)OCC. The molecule has 2 N–H and O–H groups in total. The van der Waals surface area contributed by atoms with Gasteiger partial charge in [-0.05, 0) is 31.0 Å². The van der Waals surface area contributed by atoms with Crippen molar-refractivity contribution in [1.29, 1.82) is 0 Å². The van der Waals surface area contributed by atoms with E-state index >= 15 is 0 Å². The number of hydrogen-bond donors (Lipinski definition) is 1. The van der Waals surface area contributed by atoms with Gasteiger partial charge in [0.05, 0.1) is 13.0 Å². The Labute approximate surface area is 119 Å². The van der Waals surface area contributed by atoms with Crippen LogP contribution >= 0.6 is 0 Å². The minimum atomic E-state index is -0.825. The fourth-order valence-corrected chi connectivity index (χ4v) is 1.79. The first-order chi connectivity index (χ1) is 9.56. The third-order valence-corrected chi connectivity index (χ3v) is 2.67. The van der Waals surface area contributed by atoms with E-state index in [1.54, 1.807) is 31.2 Å². The van der Waals surface area contributed by atoms with E-state index in [4.69, 9.17) is 15.2 Å². The molecule has 0 amide bonds. The van der Waals surface area contributed by atoms with Crippen LogP contribution in [0, 0.1) is 0 Å². The lowest BCUT2D eigenvalue weighted by atomic mass is 10.1. The Hall–Kier alpha value is -2.04. The highest BCUT2D eigenvalue weighted by molar-refractivity contribution is 5.80. The first-order valence-electron chi connectivity index (χ1n) is 6.77. The molecule has 0 saturated heterocycles. The molecule has 0 fully saturated rings. The minimum absolute atomic E-state index is 0.0880. The molecule has 0 bridgehead atoms. The van der Waals surface area contributed by atoms with Crippen LogP contribution in [-0.4, -0.2) is 24.6 Å². The van der Waals surface area contributed by atoms with Gasteiger partial charge in [-0.2, -0.15) is 0 Å². The molecule has 0 aliphatic heterocycles. The van der Waals surface area contributed by atoms with E-state index in [1.165, 1.54) is 0 Å². The molecule has 1 unspecified atom stereocenters. The molecule has 0 heterocycles. The second kappa shape index (κ2) is 8.19. The zero-order valence-electron chi connectivity index (χ0n) is 11.9. The smallest absolute Gasteiger partial charge is 0.347 e. The van der Waals surface area contributed by atoms with Crippen molar-refractivity contribution in [2.24, 2.45) is 0 Å². The summed E-state index contributed by atoms with van der Waals surface area (Å²) < 4.78 is 10.1. The van der Waals surface area contributed by atoms with Crippen molar-refractivity contribution in [2.75, 3.05) is 12.3 Å². The molecule has 110 valence electrons. The van der Waals surface area contributed by atoms with E-state index in [-0.39, 0.29) is 13.0 Å². The molecule has 5 heteroatoms. The minimum Gasteiger partial charge on any atom is -0.463 e. The van der Waals surface area contributed by atoms with Crippen molar-refractivity contribution >= 4 is 17.6 Å². The quantitative estimate of drug-likeness (QED) is 0.610. The average Bonchev–Trinajstić information content (AvgIpc) is 2.38. The van der Waals surface area contributed by atoms with E-state index in [0.717, 1.165) is 12.0 Å². The lowest BCUT2D eigenvalue weighted by Gasteiger charge is -2.15. The van der Waals surface area contributed by atoms with Crippen LogP contribution in [0.3, 0.4) is 0 Å². The van der Waals surface area contributed by atoms with Crippen LogP contribution in [0.25, 0.3) is 0 Å². The standard InChI is InChI=1S/C15H21NO4/c1-3-6-13(15(18)19-4-2)20-14(17)10-11-7-5-8-12(16)9-11/h5,7-9,13H,3-4,6,10,16H2,1-2H3. The number of rotatable bonds is 7. The van der Waals surface area contributed by atoms with E-state index in [9.17, 15) is 9.59 Å². The summed E-state index contributed by atoms with van der Waals surface area (Å²) in [5, 5.41) is 0. The van der Waals surface area contributed by atoms with Crippen molar-refractivity contribution in [3.63, 3.8) is 0 Å². The van der Waals surface area contributed by atoms with Crippen molar-refractivity contribution in [3.05, 3.63) is 29.8 Å². The first kappa shape index (κ1) is 16.0. The highest BCUT2D eigenvalue weighted by Crippen LogP contribution is 2.10.